The van der Waals surface area contributed by atoms with Crippen molar-refractivity contribution in [3.63, 3.8) is 0 Å². The molecule has 8 nitrogen and oxygen atoms in total. The van der Waals surface area contributed by atoms with Crippen molar-refractivity contribution >= 4 is 28.9 Å². The van der Waals surface area contributed by atoms with E-state index in [4.69, 9.17) is 9.98 Å². The van der Waals surface area contributed by atoms with Gasteiger partial charge in [0.15, 0.2) is 22.9 Å². The summed E-state index contributed by atoms with van der Waals surface area (Å²) in [5.41, 5.74) is 3.11. The fourth-order valence-electron chi connectivity index (χ4n) is 3.12. The molecule has 0 amide bonds. The summed E-state index contributed by atoms with van der Waals surface area (Å²) in [5.74, 6) is 0.516. The number of aromatic amines is 1. The van der Waals surface area contributed by atoms with Gasteiger partial charge in [-0.1, -0.05) is 0 Å². The van der Waals surface area contributed by atoms with Gasteiger partial charge in [-0.05, 0) is 42.9 Å². The minimum absolute atomic E-state index is 0.101. The number of fused-ring (bicyclic) bond motifs is 1. The Balaban J connectivity index is 1.59. The Morgan fingerprint density at radius 1 is 1.34 bits per heavy atom. The second-order valence-corrected chi connectivity index (χ2v) is 8.24. The molecule has 148 valence electrons. The molecule has 0 unspecified atom stereocenters. The number of hydrogen-bond donors (Lipinski definition) is 4. The second kappa shape index (κ2) is 6.93. The lowest BCUT2D eigenvalue weighted by Crippen LogP contribution is -2.20. The summed E-state index contributed by atoms with van der Waals surface area (Å²) in [6.07, 6.45) is 5.61. The van der Waals surface area contributed by atoms with E-state index in [1.54, 1.807) is 28.1 Å². The molecular formula is C20H20N6O2S. The molecule has 5 rings (SSSR count). The van der Waals surface area contributed by atoms with E-state index in [1.807, 2.05) is 6.07 Å². The van der Waals surface area contributed by atoms with Crippen molar-refractivity contribution in [1.29, 1.82) is 0 Å². The van der Waals surface area contributed by atoms with Crippen molar-refractivity contribution in [1.82, 2.24) is 19.6 Å². The van der Waals surface area contributed by atoms with Crippen molar-refractivity contribution in [2.75, 3.05) is 5.32 Å². The highest BCUT2D eigenvalue weighted by Gasteiger charge is 2.20. The van der Waals surface area contributed by atoms with Gasteiger partial charge in [0.2, 0.25) is 0 Å². The first-order valence-electron chi connectivity index (χ1n) is 9.38. The first-order valence-corrected chi connectivity index (χ1v) is 10.3. The van der Waals surface area contributed by atoms with Crippen molar-refractivity contribution in [3.05, 3.63) is 56.5 Å². The largest absolute Gasteiger partial charge is 0.494 e. The highest BCUT2D eigenvalue weighted by molar-refractivity contribution is 7.10. The topological polar surface area (TPSA) is 111 Å². The molecule has 1 saturated carbocycles. The fourth-order valence-corrected chi connectivity index (χ4v) is 3.94. The molecule has 1 aliphatic rings. The van der Waals surface area contributed by atoms with E-state index in [-0.39, 0.29) is 11.8 Å². The van der Waals surface area contributed by atoms with E-state index < -0.39 is 0 Å². The summed E-state index contributed by atoms with van der Waals surface area (Å²) in [4.78, 5) is 13.2. The van der Waals surface area contributed by atoms with Crippen LogP contribution in [0.4, 0.5) is 5.82 Å². The van der Waals surface area contributed by atoms with Crippen LogP contribution in [0.25, 0.3) is 11.7 Å². The molecule has 0 aromatic carbocycles. The van der Waals surface area contributed by atoms with Gasteiger partial charge < -0.3 is 15.5 Å². The molecule has 29 heavy (non-hydrogen) atoms. The van der Waals surface area contributed by atoms with Crippen LogP contribution in [-0.4, -0.2) is 35.8 Å². The Bertz CT molecular complexity index is 1310. The molecule has 9 heteroatoms. The molecule has 0 spiro atoms. The Morgan fingerprint density at radius 3 is 2.90 bits per heavy atom. The maximum absolute atomic E-state index is 9.93. The van der Waals surface area contributed by atoms with Crippen molar-refractivity contribution in [2.24, 2.45) is 4.99 Å². The average molecular weight is 408 g/mol. The molecule has 4 aromatic rings. The molecule has 4 aromatic heterocycles. The van der Waals surface area contributed by atoms with Crippen LogP contribution in [0, 0.1) is 6.92 Å². The molecule has 0 atom stereocenters. The Morgan fingerprint density at radius 2 is 2.21 bits per heavy atom. The summed E-state index contributed by atoms with van der Waals surface area (Å²) in [5, 5.41) is 30.2. The fraction of sp³-hybridized carbons (Fsp3) is 0.250. The predicted molar refractivity (Wildman–Crippen MR) is 111 cm³/mol. The number of nitrogens with zero attached hydrogens (tertiary/aromatic N) is 4. The molecule has 0 bridgehead atoms. The molecule has 0 saturated heterocycles. The maximum Gasteiger partial charge on any atom is 0.198 e. The van der Waals surface area contributed by atoms with Gasteiger partial charge in [-0.25, -0.2) is 4.98 Å². The van der Waals surface area contributed by atoms with Gasteiger partial charge in [-0.2, -0.15) is 9.61 Å². The summed E-state index contributed by atoms with van der Waals surface area (Å²) in [7, 11) is 0. The SMILES string of the molecule is Cc1csc(CNc2cc(=NC3CC3)n3ncc(=Cc4cc(O)[nH]c4O)c3n2)c1. The summed E-state index contributed by atoms with van der Waals surface area (Å²) >= 11 is 1.72. The number of aromatic nitrogens is 4. The van der Waals surface area contributed by atoms with Gasteiger partial charge in [0.1, 0.15) is 5.82 Å². The standard InChI is InChI=1S/C20H20N6O2S/c1-11-4-15(29-10-11)9-21-16-7-17(23-14-2-3-14)26-19(24-16)13(8-22-26)5-12-6-18(27)25-20(12)28/h4-8,10,14,21,25,27-28H,2-3,9H2,1H3. The van der Waals surface area contributed by atoms with Crippen LogP contribution in [0.2, 0.25) is 0 Å². The third-order valence-electron chi connectivity index (χ3n) is 4.69. The zero-order valence-corrected chi connectivity index (χ0v) is 16.6. The summed E-state index contributed by atoms with van der Waals surface area (Å²) in [6, 6.07) is 5.87. The van der Waals surface area contributed by atoms with Crippen LogP contribution in [-0.2, 0) is 6.54 Å². The van der Waals surface area contributed by atoms with Crippen LogP contribution in [0.15, 0.2) is 34.8 Å². The monoisotopic (exact) mass is 408 g/mol. The number of aryl methyl sites for hydroxylation is 1. The van der Waals surface area contributed by atoms with E-state index in [0.29, 0.717) is 23.8 Å². The Kier molecular flexibility index (Phi) is 4.24. The number of thiophene rings is 1. The van der Waals surface area contributed by atoms with Crippen LogP contribution >= 0.6 is 11.3 Å². The lowest BCUT2D eigenvalue weighted by molar-refractivity contribution is 0.425. The minimum atomic E-state index is -0.105. The number of nitrogens with one attached hydrogen (secondary N) is 2. The third kappa shape index (κ3) is 3.68. The molecular weight excluding hydrogens is 388 g/mol. The van der Waals surface area contributed by atoms with Gasteiger partial charge in [-0.3, -0.25) is 9.98 Å². The van der Waals surface area contributed by atoms with Crippen molar-refractivity contribution in [3.8, 4) is 11.8 Å². The molecule has 4 N–H and O–H groups in total. The quantitative estimate of drug-likeness (QED) is 0.404. The average Bonchev–Trinajstić information content (AvgIpc) is 3.10. The van der Waals surface area contributed by atoms with Gasteiger partial charge >= 0.3 is 0 Å². The zero-order chi connectivity index (χ0) is 20.0. The molecule has 0 radical (unpaired) electrons. The highest BCUT2D eigenvalue weighted by Crippen LogP contribution is 2.23. The van der Waals surface area contributed by atoms with Crippen LogP contribution in [0.1, 0.15) is 28.8 Å². The molecule has 4 heterocycles. The van der Waals surface area contributed by atoms with E-state index in [1.165, 1.54) is 16.5 Å². The predicted octanol–water partition coefficient (Wildman–Crippen LogP) is 2.06. The normalized spacial score (nSPS) is 15.5. The molecule has 0 aliphatic heterocycles. The van der Waals surface area contributed by atoms with Crippen LogP contribution in [0.3, 0.4) is 0 Å². The second-order valence-electron chi connectivity index (χ2n) is 7.24. The number of rotatable bonds is 5. The molecule has 1 fully saturated rings. The molecule has 1 aliphatic carbocycles. The number of anilines is 1. The lowest BCUT2D eigenvalue weighted by atomic mass is 10.2. The minimum Gasteiger partial charge on any atom is -0.494 e. The van der Waals surface area contributed by atoms with Crippen LogP contribution in [0.5, 0.6) is 11.8 Å². The summed E-state index contributed by atoms with van der Waals surface area (Å²) in [6.45, 7) is 2.77. The van der Waals surface area contributed by atoms with E-state index >= 15 is 0 Å². The number of hydrogen-bond acceptors (Lipinski definition) is 7. The maximum atomic E-state index is 9.93. The third-order valence-corrected chi connectivity index (χ3v) is 5.75. The lowest BCUT2D eigenvalue weighted by Gasteiger charge is -2.05. The van der Waals surface area contributed by atoms with Gasteiger partial charge in [-0.15, -0.1) is 11.3 Å². The smallest absolute Gasteiger partial charge is 0.198 e. The van der Waals surface area contributed by atoms with E-state index in [0.717, 1.165) is 29.4 Å². The van der Waals surface area contributed by atoms with Gasteiger partial charge in [0.25, 0.3) is 0 Å². The van der Waals surface area contributed by atoms with Crippen LogP contribution < -0.4 is 16.0 Å². The van der Waals surface area contributed by atoms with E-state index in [9.17, 15) is 10.2 Å². The first-order chi connectivity index (χ1) is 14.0. The Hall–Kier alpha value is -3.33. The van der Waals surface area contributed by atoms with Gasteiger partial charge in [0.05, 0.1) is 18.8 Å². The van der Waals surface area contributed by atoms with Gasteiger partial charge in [0, 0.05) is 27.8 Å². The van der Waals surface area contributed by atoms with Crippen molar-refractivity contribution in [2.45, 2.75) is 32.4 Å². The number of H-pyrrole nitrogens is 1. The Labute approximate surface area is 169 Å². The first kappa shape index (κ1) is 17.7. The summed E-state index contributed by atoms with van der Waals surface area (Å²) < 4.78 is 1.72. The van der Waals surface area contributed by atoms with Crippen molar-refractivity contribution < 1.29 is 10.2 Å². The number of aromatic hydroxyl groups is 2. The van der Waals surface area contributed by atoms with E-state index in [2.05, 4.69) is 33.8 Å². The zero-order valence-electron chi connectivity index (χ0n) is 15.8. The highest BCUT2D eigenvalue weighted by atomic mass is 32.1.